The molecule has 1 unspecified atom stereocenters. The van der Waals surface area contributed by atoms with Crippen LogP contribution in [-0.2, 0) is 20.7 Å². The lowest BCUT2D eigenvalue weighted by atomic mass is 10.1. The molecule has 0 heterocycles. The SMILES string of the molecule is CCc1ccc(C(=O)OC(C(=O)OC2CCCC2)c2ccccc2)cc1. The van der Waals surface area contributed by atoms with Crippen molar-refractivity contribution in [3.8, 4) is 0 Å². The molecule has 0 amide bonds. The van der Waals surface area contributed by atoms with E-state index in [1.54, 1.807) is 24.3 Å². The summed E-state index contributed by atoms with van der Waals surface area (Å²) < 4.78 is 11.1. The molecule has 0 aromatic heterocycles. The summed E-state index contributed by atoms with van der Waals surface area (Å²) in [5.41, 5.74) is 2.19. The molecule has 0 spiro atoms. The Morgan fingerprint density at radius 3 is 2.27 bits per heavy atom. The summed E-state index contributed by atoms with van der Waals surface area (Å²) >= 11 is 0. The van der Waals surface area contributed by atoms with Crippen molar-refractivity contribution in [1.29, 1.82) is 0 Å². The molecule has 1 aliphatic rings. The third-order valence-electron chi connectivity index (χ3n) is 4.72. The summed E-state index contributed by atoms with van der Waals surface area (Å²) in [6.45, 7) is 2.05. The molecule has 0 N–H and O–H groups in total. The van der Waals surface area contributed by atoms with Gasteiger partial charge in [0.05, 0.1) is 5.56 Å². The van der Waals surface area contributed by atoms with E-state index in [-0.39, 0.29) is 6.10 Å². The molecular formula is C22H24O4. The molecular weight excluding hydrogens is 328 g/mol. The van der Waals surface area contributed by atoms with Crippen LogP contribution in [0.3, 0.4) is 0 Å². The predicted molar refractivity (Wildman–Crippen MR) is 98.8 cm³/mol. The molecule has 0 radical (unpaired) electrons. The number of benzene rings is 2. The predicted octanol–water partition coefficient (Wildman–Crippen LogP) is 4.63. The average Bonchev–Trinajstić information content (AvgIpc) is 3.19. The van der Waals surface area contributed by atoms with Crippen molar-refractivity contribution in [2.45, 2.75) is 51.2 Å². The second-order valence-electron chi connectivity index (χ2n) is 6.59. The van der Waals surface area contributed by atoms with Gasteiger partial charge in [-0.3, -0.25) is 0 Å². The van der Waals surface area contributed by atoms with Gasteiger partial charge in [-0.2, -0.15) is 0 Å². The zero-order valence-corrected chi connectivity index (χ0v) is 15.0. The van der Waals surface area contributed by atoms with Crippen LogP contribution < -0.4 is 0 Å². The van der Waals surface area contributed by atoms with Gasteiger partial charge in [0.25, 0.3) is 0 Å². The van der Waals surface area contributed by atoms with Crippen molar-refractivity contribution < 1.29 is 19.1 Å². The van der Waals surface area contributed by atoms with Crippen LogP contribution in [0.15, 0.2) is 54.6 Å². The normalized spacial score (nSPS) is 15.4. The van der Waals surface area contributed by atoms with Crippen LogP contribution in [0.1, 0.15) is 60.2 Å². The summed E-state index contributed by atoms with van der Waals surface area (Å²) in [4.78, 5) is 25.2. The molecule has 2 aromatic carbocycles. The molecule has 1 aliphatic carbocycles. The Morgan fingerprint density at radius 2 is 1.65 bits per heavy atom. The summed E-state index contributed by atoms with van der Waals surface area (Å²) in [5, 5.41) is 0. The molecule has 4 nitrogen and oxygen atoms in total. The van der Waals surface area contributed by atoms with Crippen LogP contribution in [0, 0.1) is 0 Å². The number of carbonyl (C=O) groups is 2. The lowest BCUT2D eigenvalue weighted by molar-refractivity contribution is -0.159. The maximum atomic E-state index is 12.7. The molecule has 136 valence electrons. The first-order valence-corrected chi connectivity index (χ1v) is 9.22. The van der Waals surface area contributed by atoms with Gasteiger partial charge in [0.15, 0.2) is 0 Å². The molecule has 3 rings (SSSR count). The first kappa shape index (κ1) is 18.2. The van der Waals surface area contributed by atoms with Gasteiger partial charge in [-0.05, 0) is 49.8 Å². The maximum Gasteiger partial charge on any atom is 0.352 e. The van der Waals surface area contributed by atoms with Gasteiger partial charge in [-0.1, -0.05) is 49.4 Å². The molecule has 0 saturated heterocycles. The standard InChI is InChI=1S/C22H24O4/c1-2-16-12-14-18(15-13-16)21(23)26-20(17-8-4-3-5-9-17)22(24)25-19-10-6-7-11-19/h3-5,8-9,12-15,19-20H,2,6-7,10-11H2,1H3. The molecule has 26 heavy (non-hydrogen) atoms. The van der Waals surface area contributed by atoms with Gasteiger partial charge in [0.2, 0.25) is 6.10 Å². The minimum absolute atomic E-state index is 0.0729. The highest BCUT2D eigenvalue weighted by molar-refractivity contribution is 5.91. The van der Waals surface area contributed by atoms with Crippen molar-refractivity contribution in [2.24, 2.45) is 0 Å². The Morgan fingerprint density at radius 1 is 1.00 bits per heavy atom. The Hall–Kier alpha value is -2.62. The van der Waals surface area contributed by atoms with Gasteiger partial charge in [0, 0.05) is 5.56 Å². The van der Waals surface area contributed by atoms with E-state index < -0.39 is 18.0 Å². The molecule has 2 aromatic rings. The smallest absolute Gasteiger partial charge is 0.352 e. The molecule has 1 atom stereocenters. The fourth-order valence-corrected chi connectivity index (χ4v) is 3.16. The highest BCUT2D eigenvalue weighted by Gasteiger charge is 2.30. The number of ether oxygens (including phenoxy) is 2. The largest absolute Gasteiger partial charge is 0.459 e. The number of rotatable bonds is 6. The Kier molecular flexibility index (Phi) is 6.05. The molecule has 0 bridgehead atoms. The van der Waals surface area contributed by atoms with Crippen LogP contribution in [-0.4, -0.2) is 18.0 Å². The Bertz CT molecular complexity index is 730. The van der Waals surface area contributed by atoms with E-state index in [0.717, 1.165) is 37.7 Å². The second-order valence-corrected chi connectivity index (χ2v) is 6.59. The maximum absolute atomic E-state index is 12.7. The minimum atomic E-state index is -1.05. The van der Waals surface area contributed by atoms with E-state index in [1.807, 2.05) is 30.3 Å². The van der Waals surface area contributed by atoms with Crippen molar-refractivity contribution in [3.63, 3.8) is 0 Å². The zero-order valence-electron chi connectivity index (χ0n) is 15.0. The van der Waals surface area contributed by atoms with Crippen LogP contribution in [0.5, 0.6) is 0 Å². The highest BCUT2D eigenvalue weighted by atomic mass is 16.6. The summed E-state index contributed by atoms with van der Waals surface area (Å²) in [5.74, 6) is -1.02. The van der Waals surface area contributed by atoms with Crippen molar-refractivity contribution in [3.05, 3.63) is 71.3 Å². The van der Waals surface area contributed by atoms with Crippen molar-refractivity contribution in [2.75, 3.05) is 0 Å². The van der Waals surface area contributed by atoms with E-state index in [0.29, 0.717) is 11.1 Å². The van der Waals surface area contributed by atoms with Crippen LogP contribution in [0.2, 0.25) is 0 Å². The number of hydrogen-bond donors (Lipinski definition) is 0. The second kappa shape index (κ2) is 8.65. The lowest BCUT2D eigenvalue weighted by Gasteiger charge is -2.20. The van der Waals surface area contributed by atoms with Crippen LogP contribution >= 0.6 is 0 Å². The molecule has 0 aliphatic heterocycles. The third-order valence-corrected chi connectivity index (χ3v) is 4.72. The first-order valence-electron chi connectivity index (χ1n) is 9.22. The van der Waals surface area contributed by atoms with Crippen LogP contribution in [0.4, 0.5) is 0 Å². The van der Waals surface area contributed by atoms with Gasteiger partial charge in [0.1, 0.15) is 6.10 Å². The van der Waals surface area contributed by atoms with Crippen LogP contribution in [0.25, 0.3) is 0 Å². The summed E-state index contributed by atoms with van der Waals surface area (Å²) in [6, 6.07) is 16.3. The highest BCUT2D eigenvalue weighted by Crippen LogP contribution is 2.26. The first-order chi connectivity index (χ1) is 12.7. The number of esters is 2. The zero-order chi connectivity index (χ0) is 18.4. The van der Waals surface area contributed by atoms with Crippen molar-refractivity contribution >= 4 is 11.9 Å². The van der Waals surface area contributed by atoms with E-state index in [4.69, 9.17) is 9.47 Å². The Balaban J connectivity index is 1.76. The summed E-state index contributed by atoms with van der Waals surface area (Å²) in [7, 11) is 0. The van der Waals surface area contributed by atoms with Gasteiger partial charge < -0.3 is 9.47 Å². The minimum Gasteiger partial charge on any atom is -0.459 e. The van der Waals surface area contributed by atoms with E-state index in [9.17, 15) is 9.59 Å². The third kappa shape index (κ3) is 4.51. The average molecular weight is 352 g/mol. The fourth-order valence-electron chi connectivity index (χ4n) is 3.16. The van der Waals surface area contributed by atoms with E-state index in [1.165, 1.54) is 0 Å². The van der Waals surface area contributed by atoms with Crippen molar-refractivity contribution in [1.82, 2.24) is 0 Å². The lowest BCUT2D eigenvalue weighted by Crippen LogP contribution is -2.25. The molecule has 4 heteroatoms. The fraction of sp³-hybridized carbons (Fsp3) is 0.364. The van der Waals surface area contributed by atoms with Gasteiger partial charge in [-0.15, -0.1) is 0 Å². The quantitative estimate of drug-likeness (QED) is 0.711. The molecule has 1 fully saturated rings. The van der Waals surface area contributed by atoms with Gasteiger partial charge in [-0.25, -0.2) is 9.59 Å². The molecule has 1 saturated carbocycles. The summed E-state index contributed by atoms with van der Waals surface area (Å²) in [6.07, 6.45) is 3.66. The van der Waals surface area contributed by atoms with Gasteiger partial charge >= 0.3 is 11.9 Å². The Labute approximate surface area is 154 Å². The number of aryl methyl sites for hydroxylation is 1. The number of hydrogen-bond acceptors (Lipinski definition) is 4. The monoisotopic (exact) mass is 352 g/mol. The topological polar surface area (TPSA) is 52.6 Å². The number of carbonyl (C=O) groups excluding carboxylic acids is 2. The van der Waals surface area contributed by atoms with E-state index >= 15 is 0 Å². The van der Waals surface area contributed by atoms with E-state index in [2.05, 4.69) is 6.92 Å².